The standard InChI is InChI=1S/C16H24N2O/c1-11(2)16(3,4)10-17-15(19)14-9-12-7-5-6-8-13(12)18-14/h5-8,11,14,18H,9-10H2,1-4H3,(H,17,19)/t14-/m0/s1. The Labute approximate surface area is 115 Å². The zero-order chi connectivity index (χ0) is 14.0. The van der Waals surface area contributed by atoms with Crippen molar-refractivity contribution in [1.82, 2.24) is 5.32 Å². The second kappa shape index (κ2) is 5.24. The number of carbonyl (C=O) groups is 1. The third-order valence-corrected chi connectivity index (χ3v) is 4.37. The molecule has 0 bridgehead atoms. The first-order valence-electron chi connectivity index (χ1n) is 7.02. The number of para-hydroxylation sites is 1. The van der Waals surface area contributed by atoms with Crippen molar-refractivity contribution in [3.63, 3.8) is 0 Å². The molecule has 3 heteroatoms. The Hall–Kier alpha value is -1.51. The highest BCUT2D eigenvalue weighted by atomic mass is 16.2. The van der Waals surface area contributed by atoms with E-state index in [1.807, 2.05) is 18.2 Å². The molecule has 0 saturated carbocycles. The van der Waals surface area contributed by atoms with E-state index in [1.54, 1.807) is 0 Å². The van der Waals surface area contributed by atoms with E-state index < -0.39 is 0 Å². The minimum atomic E-state index is -0.125. The molecule has 2 N–H and O–H groups in total. The highest BCUT2D eigenvalue weighted by molar-refractivity contribution is 5.87. The van der Waals surface area contributed by atoms with Crippen LogP contribution in [0.5, 0.6) is 0 Å². The zero-order valence-electron chi connectivity index (χ0n) is 12.3. The number of rotatable bonds is 4. The molecule has 1 aliphatic rings. The van der Waals surface area contributed by atoms with Crippen molar-refractivity contribution in [3.05, 3.63) is 29.8 Å². The van der Waals surface area contributed by atoms with Crippen LogP contribution >= 0.6 is 0 Å². The van der Waals surface area contributed by atoms with E-state index in [2.05, 4.69) is 44.4 Å². The van der Waals surface area contributed by atoms with Gasteiger partial charge in [-0.2, -0.15) is 0 Å². The van der Waals surface area contributed by atoms with Crippen molar-refractivity contribution in [2.45, 2.75) is 40.2 Å². The number of anilines is 1. The number of benzene rings is 1. The first-order valence-corrected chi connectivity index (χ1v) is 7.02. The molecule has 0 radical (unpaired) electrons. The predicted octanol–water partition coefficient (Wildman–Crippen LogP) is 2.82. The topological polar surface area (TPSA) is 41.1 Å². The summed E-state index contributed by atoms with van der Waals surface area (Å²) >= 11 is 0. The molecule has 0 fully saturated rings. The molecular formula is C16H24N2O. The smallest absolute Gasteiger partial charge is 0.242 e. The van der Waals surface area contributed by atoms with Crippen molar-refractivity contribution in [2.24, 2.45) is 11.3 Å². The maximum atomic E-state index is 12.2. The normalized spacial score (nSPS) is 18.1. The summed E-state index contributed by atoms with van der Waals surface area (Å²) in [6.45, 7) is 9.48. The Kier molecular flexibility index (Phi) is 3.83. The lowest BCUT2D eigenvalue weighted by molar-refractivity contribution is -0.122. The first kappa shape index (κ1) is 13.9. The summed E-state index contributed by atoms with van der Waals surface area (Å²) in [7, 11) is 0. The van der Waals surface area contributed by atoms with Crippen LogP contribution in [-0.4, -0.2) is 18.5 Å². The molecule has 104 valence electrons. The van der Waals surface area contributed by atoms with Gasteiger partial charge < -0.3 is 10.6 Å². The number of fused-ring (bicyclic) bond motifs is 1. The van der Waals surface area contributed by atoms with E-state index in [0.717, 1.165) is 18.7 Å². The minimum absolute atomic E-state index is 0.102. The molecule has 1 aromatic carbocycles. The first-order chi connectivity index (χ1) is 8.90. The Balaban J connectivity index is 1.90. The van der Waals surface area contributed by atoms with Crippen LogP contribution in [0.3, 0.4) is 0 Å². The van der Waals surface area contributed by atoms with Gasteiger partial charge >= 0.3 is 0 Å². The van der Waals surface area contributed by atoms with E-state index in [9.17, 15) is 4.79 Å². The van der Waals surface area contributed by atoms with Crippen LogP contribution in [0.25, 0.3) is 0 Å². The SMILES string of the molecule is CC(C)C(C)(C)CNC(=O)[C@@H]1Cc2ccccc2N1. The molecule has 1 atom stereocenters. The Morgan fingerprint density at radius 2 is 2.11 bits per heavy atom. The number of carbonyl (C=O) groups excluding carboxylic acids is 1. The third-order valence-electron chi connectivity index (χ3n) is 4.37. The number of hydrogen-bond donors (Lipinski definition) is 2. The Morgan fingerprint density at radius 1 is 1.42 bits per heavy atom. The van der Waals surface area contributed by atoms with Crippen LogP contribution in [0.4, 0.5) is 5.69 Å². The molecular weight excluding hydrogens is 236 g/mol. The van der Waals surface area contributed by atoms with Gasteiger partial charge in [0.15, 0.2) is 0 Å². The monoisotopic (exact) mass is 260 g/mol. The quantitative estimate of drug-likeness (QED) is 0.874. The number of hydrogen-bond acceptors (Lipinski definition) is 2. The maximum Gasteiger partial charge on any atom is 0.242 e. The average Bonchev–Trinajstić information content (AvgIpc) is 2.79. The van der Waals surface area contributed by atoms with Crippen molar-refractivity contribution in [3.8, 4) is 0 Å². The molecule has 3 nitrogen and oxygen atoms in total. The molecule has 19 heavy (non-hydrogen) atoms. The highest BCUT2D eigenvalue weighted by Gasteiger charge is 2.28. The van der Waals surface area contributed by atoms with Gasteiger partial charge in [-0.15, -0.1) is 0 Å². The van der Waals surface area contributed by atoms with Gasteiger partial charge in [0, 0.05) is 18.7 Å². The molecule has 0 aromatic heterocycles. The van der Waals surface area contributed by atoms with Gasteiger partial charge in [0.05, 0.1) is 0 Å². The fourth-order valence-electron chi connectivity index (χ4n) is 2.10. The van der Waals surface area contributed by atoms with Gasteiger partial charge in [0.25, 0.3) is 0 Å². The molecule has 0 spiro atoms. The van der Waals surface area contributed by atoms with Gasteiger partial charge in [0.1, 0.15) is 6.04 Å². The summed E-state index contributed by atoms with van der Waals surface area (Å²) in [5.41, 5.74) is 2.44. The van der Waals surface area contributed by atoms with Crippen molar-refractivity contribution in [2.75, 3.05) is 11.9 Å². The number of amides is 1. The zero-order valence-corrected chi connectivity index (χ0v) is 12.3. The summed E-state index contributed by atoms with van der Waals surface area (Å²) in [6.07, 6.45) is 0.782. The fourth-order valence-corrected chi connectivity index (χ4v) is 2.10. The van der Waals surface area contributed by atoms with Crippen molar-refractivity contribution in [1.29, 1.82) is 0 Å². The maximum absolute atomic E-state index is 12.2. The predicted molar refractivity (Wildman–Crippen MR) is 79.2 cm³/mol. The minimum Gasteiger partial charge on any atom is -0.373 e. The lowest BCUT2D eigenvalue weighted by atomic mass is 9.81. The molecule has 1 heterocycles. The molecule has 1 aromatic rings. The van der Waals surface area contributed by atoms with Gasteiger partial charge in [-0.25, -0.2) is 0 Å². The lowest BCUT2D eigenvalue weighted by Gasteiger charge is -2.30. The van der Waals surface area contributed by atoms with Crippen molar-refractivity contribution < 1.29 is 4.79 Å². The average molecular weight is 260 g/mol. The van der Waals surface area contributed by atoms with Crippen LogP contribution in [0.2, 0.25) is 0 Å². The Bertz CT molecular complexity index is 441. The van der Waals surface area contributed by atoms with Gasteiger partial charge in [0.2, 0.25) is 5.91 Å². The van der Waals surface area contributed by atoms with E-state index in [-0.39, 0.29) is 17.4 Å². The van der Waals surface area contributed by atoms with Crippen LogP contribution in [0.15, 0.2) is 24.3 Å². The summed E-state index contributed by atoms with van der Waals surface area (Å²) in [5.74, 6) is 0.645. The van der Waals surface area contributed by atoms with Crippen LogP contribution in [-0.2, 0) is 11.2 Å². The summed E-state index contributed by atoms with van der Waals surface area (Å²) in [5, 5.41) is 6.37. The molecule has 0 unspecified atom stereocenters. The highest BCUT2D eigenvalue weighted by Crippen LogP contribution is 2.27. The van der Waals surface area contributed by atoms with Gasteiger partial charge in [-0.3, -0.25) is 4.79 Å². The van der Waals surface area contributed by atoms with Crippen LogP contribution < -0.4 is 10.6 Å². The Morgan fingerprint density at radius 3 is 2.74 bits per heavy atom. The second-order valence-electron chi connectivity index (χ2n) is 6.42. The van der Waals surface area contributed by atoms with E-state index in [0.29, 0.717) is 5.92 Å². The van der Waals surface area contributed by atoms with Gasteiger partial charge in [-0.1, -0.05) is 45.9 Å². The molecule has 1 aliphatic heterocycles. The fraction of sp³-hybridized carbons (Fsp3) is 0.562. The lowest BCUT2D eigenvalue weighted by Crippen LogP contribution is -2.43. The summed E-state index contributed by atoms with van der Waals surface area (Å²) < 4.78 is 0. The van der Waals surface area contributed by atoms with Gasteiger partial charge in [-0.05, 0) is 23.0 Å². The van der Waals surface area contributed by atoms with Crippen molar-refractivity contribution >= 4 is 11.6 Å². The number of nitrogens with one attached hydrogen (secondary N) is 2. The summed E-state index contributed by atoms with van der Waals surface area (Å²) in [6, 6.07) is 7.99. The third kappa shape index (κ3) is 3.09. The van der Waals surface area contributed by atoms with E-state index >= 15 is 0 Å². The van der Waals surface area contributed by atoms with Crippen LogP contribution in [0, 0.1) is 11.3 Å². The molecule has 0 saturated heterocycles. The van der Waals surface area contributed by atoms with E-state index in [1.165, 1.54) is 5.56 Å². The second-order valence-corrected chi connectivity index (χ2v) is 6.42. The van der Waals surface area contributed by atoms with Crippen LogP contribution in [0.1, 0.15) is 33.3 Å². The van der Waals surface area contributed by atoms with E-state index in [4.69, 9.17) is 0 Å². The molecule has 0 aliphatic carbocycles. The largest absolute Gasteiger partial charge is 0.373 e. The summed E-state index contributed by atoms with van der Waals surface area (Å²) in [4.78, 5) is 12.2. The molecule has 2 rings (SSSR count). The molecule has 1 amide bonds.